The minimum Gasteiger partial charge on any atom is -0.493 e. The summed E-state index contributed by atoms with van der Waals surface area (Å²) in [5, 5.41) is 2.66. The van der Waals surface area contributed by atoms with Gasteiger partial charge in [0.2, 0.25) is 0 Å². The van der Waals surface area contributed by atoms with Crippen LogP contribution in [-0.4, -0.2) is 19.3 Å². The lowest BCUT2D eigenvalue weighted by molar-refractivity contribution is -0.752. The molecule has 5 rings (SSSR count). The highest BCUT2D eigenvalue weighted by atomic mass is 16.5. The summed E-state index contributed by atoms with van der Waals surface area (Å²) in [4.78, 5) is 0. The summed E-state index contributed by atoms with van der Waals surface area (Å²) in [7, 11) is 1.71. The molecule has 4 aliphatic rings. The van der Waals surface area contributed by atoms with E-state index in [1.165, 1.54) is 44.1 Å². The van der Waals surface area contributed by atoms with Crippen molar-refractivity contribution in [2.45, 2.75) is 57.5 Å². The SMILES string of the molecule is CCOc1cc(C[NH2+]C23CC4CC(CC(C4)C2)C3)ccc1OC. The molecule has 0 unspecified atom stereocenters. The molecule has 4 bridgehead atoms. The fourth-order valence-electron chi connectivity index (χ4n) is 5.88. The molecule has 0 amide bonds. The van der Waals surface area contributed by atoms with Crippen LogP contribution >= 0.6 is 0 Å². The smallest absolute Gasteiger partial charge is 0.161 e. The van der Waals surface area contributed by atoms with Gasteiger partial charge in [-0.3, -0.25) is 0 Å². The number of hydrogen-bond acceptors (Lipinski definition) is 2. The predicted octanol–water partition coefficient (Wildman–Crippen LogP) is 3.13. The third-order valence-corrected chi connectivity index (χ3v) is 6.38. The van der Waals surface area contributed by atoms with Crippen molar-refractivity contribution < 1.29 is 14.8 Å². The van der Waals surface area contributed by atoms with Gasteiger partial charge in [-0.05, 0) is 62.1 Å². The van der Waals surface area contributed by atoms with E-state index >= 15 is 0 Å². The second kappa shape index (κ2) is 6.01. The first-order valence-corrected chi connectivity index (χ1v) is 9.34. The Bertz CT molecular complexity index is 533. The average Bonchev–Trinajstić information content (AvgIpc) is 2.52. The van der Waals surface area contributed by atoms with Crippen molar-refractivity contribution in [3.63, 3.8) is 0 Å². The second-order valence-corrected chi connectivity index (χ2v) is 8.11. The first-order chi connectivity index (χ1) is 11.2. The topological polar surface area (TPSA) is 35.1 Å². The van der Waals surface area contributed by atoms with Gasteiger partial charge in [0.15, 0.2) is 11.5 Å². The molecule has 0 radical (unpaired) electrons. The van der Waals surface area contributed by atoms with E-state index in [-0.39, 0.29) is 0 Å². The normalized spacial score (nSPS) is 34.6. The van der Waals surface area contributed by atoms with Crippen molar-refractivity contribution in [2.75, 3.05) is 13.7 Å². The van der Waals surface area contributed by atoms with Gasteiger partial charge in [-0.2, -0.15) is 0 Å². The molecule has 0 heterocycles. The van der Waals surface area contributed by atoms with E-state index in [0.717, 1.165) is 35.8 Å². The predicted molar refractivity (Wildman–Crippen MR) is 90.7 cm³/mol. The molecule has 4 saturated carbocycles. The van der Waals surface area contributed by atoms with Crippen LogP contribution in [-0.2, 0) is 6.54 Å². The number of methoxy groups -OCH3 is 1. The number of ether oxygens (including phenoxy) is 2. The Kier molecular flexibility index (Phi) is 4.00. The van der Waals surface area contributed by atoms with Gasteiger partial charge < -0.3 is 14.8 Å². The first-order valence-electron chi connectivity index (χ1n) is 9.34. The molecule has 4 fully saturated rings. The monoisotopic (exact) mass is 316 g/mol. The van der Waals surface area contributed by atoms with Crippen molar-refractivity contribution in [2.24, 2.45) is 17.8 Å². The lowest BCUT2D eigenvalue weighted by Crippen LogP contribution is -2.97. The third kappa shape index (κ3) is 2.96. The van der Waals surface area contributed by atoms with E-state index in [1.54, 1.807) is 7.11 Å². The maximum atomic E-state index is 5.73. The largest absolute Gasteiger partial charge is 0.493 e. The number of hydrogen-bond donors (Lipinski definition) is 1. The summed E-state index contributed by atoms with van der Waals surface area (Å²) < 4.78 is 11.1. The molecule has 0 atom stereocenters. The molecule has 126 valence electrons. The highest BCUT2D eigenvalue weighted by Crippen LogP contribution is 2.54. The maximum Gasteiger partial charge on any atom is 0.161 e. The van der Waals surface area contributed by atoms with Gasteiger partial charge in [-0.15, -0.1) is 0 Å². The van der Waals surface area contributed by atoms with E-state index in [0.29, 0.717) is 12.1 Å². The van der Waals surface area contributed by atoms with E-state index in [9.17, 15) is 0 Å². The molecule has 0 spiro atoms. The van der Waals surface area contributed by atoms with E-state index < -0.39 is 0 Å². The van der Waals surface area contributed by atoms with Gasteiger partial charge in [-0.25, -0.2) is 0 Å². The minimum absolute atomic E-state index is 0.542. The number of nitrogens with two attached hydrogens (primary N) is 1. The third-order valence-electron chi connectivity index (χ3n) is 6.38. The Balaban J connectivity index is 1.46. The van der Waals surface area contributed by atoms with Crippen LogP contribution in [0.1, 0.15) is 51.0 Å². The molecule has 3 nitrogen and oxygen atoms in total. The summed E-state index contributed by atoms with van der Waals surface area (Å²) in [6, 6.07) is 6.41. The standard InChI is InChI=1S/C20H29NO2/c1-3-23-19-9-14(4-5-18(19)22-2)13-21-20-10-15-6-16(11-20)8-17(7-15)12-20/h4-5,9,15-17,21H,3,6-8,10-13H2,1-2H3/p+1. The van der Waals surface area contributed by atoms with Crippen LogP contribution in [0.4, 0.5) is 0 Å². The van der Waals surface area contributed by atoms with Gasteiger partial charge >= 0.3 is 0 Å². The highest BCUT2D eigenvalue weighted by Gasteiger charge is 2.53. The molecule has 1 aromatic carbocycles. The lowest BCUT2D eigenvalue weighted by Gasteiger charge is -2.54. The Morgan fingerprint density at radius 2 is 1.70 bits per heavy atom. The fraction of sp³-hybridized carbons (Fsp3) is 0.700. The summed E-state index contributed by atoms with van der Waals surface area (Å²) in [6.07, 6.45) is 8.91. The van der Waals surface area contributed by atoms with E-state index in [2.05, 4.69) is 17.4 Å². The van der Waals surface area contributed by atoms with Crippen LogP contribution in [0.25, 0.3) is 0 Å². The molecule has 1 aromatic rings. The van der Waals surface area contributed by atoms with Crippen LogP contribution in [0, 0.1) is 17.8 Å². The molecule has 4 aliphatic carbocycles. The van der Waals surface area contributed by atoms with Crippen LogP contribution in [0.5, 0.6) is 11.5 Å². The quantitative estimate of drug-likeness (QED) is 0.875. The van der Waals surface area contributed by atoms with Crippen molar-refractivity contribution >= 4 is 0 Å². The molecule has 3 heteroatoms. The Labute approximate surface area is 139 Å². The van der Waals surface area contributed by atoms with Gasteiger partial charge in [0, 0.05) is 24.8 Å². The maximum absolute atomic E-state index is 5.73. The van der Waals surface area contributed by atoms with E-state index in [1.807, 2.05) is 13.0 Å². The van der Waals surface area contributed by atoms with Gasteiger partial charge in [-0.1, -0.05) is 0 Å². The molecular formula is C20H30NO2+. The molecule has 0 saturated heterocycles. The summed E-state index contributed by atoms with van der Waals surface area (Å²) in [5.74, 6) is 4.78. The van der Waals surface area contributed by atoms with Crippen molar-refractivity contribution in [3.8, 4) is 11.5 Å². The highest BCUT2D eigenvalue weighted by molar-refractivity contribution is 5.42. The molecule has 0 aliphatic heterocycles. The molecule has 2 N–H and O–H groups in total. The van der Waals surface area contributed by atoms with Crippen LogP contribution in [0.3, 0.4) is 0 Å². The van der Waals surface area contributed by atoms with Crippen molar-refractivity contribution in [3.05, 3.63) is 23.8 Å². The average molecular weight is 316 g/mol. The van der Waals surface area contributed by atoms with Gasteiger partial charge in [0.25, 0.3) is 0 Å². The van der Waals surface area contributed by atoms with Crippen molar-refractivity contribution in [1.29, 1.82) is 0 Å². The zero-order valence-electron chi connectivity index (χ0n) is 14.5. The zero-order valence-corrected chi connectivity index (χ0v) is 14.5. The van der Waals surface area contributed by atoms with Crippen LogP contribution in [0.2, 0.25) is 0 Å². The Hall–Kier alpha value is -1.22. The van der Waals surface area contributed by atoms with Crippen LogP contribution in [0.15, 0.2) is 18.2 Å². The number of rotatable bonds is 6. The van der Waals surface area contributed by atoms with Gasteiger partial charge in [0.05, 0.1) is 19.3 Å². The van der Waals surface area contributed by atoms with Crippen molar-refractivity contribution in [1.82, 2.24) is 0 Å². The second-order valence-electron chi connectivity index (χ2n) is 8.11. The summed E-state index contributed by atoms with van der Waals surface area (Å²) >= 11 is 0. The molecule has 23 heavy (non-hydrogen) atoms. The Morgan fingerprint density at radius 3 is 2.26 bits per heavy atom. The Morgan fingerprint density at radius 1 is 1.04 bits per heavy atom. The molecular weight excluding hydrogens is 286 g/mol. The van der Waals surface area contributed by atoms with E-state index in [4.69, 9.17) is 9.47 Å². The van der Waals surface area contributed by atoms with Crippen LogP contribution < -0.4 is 14.8 Å². The fourth-order valence-corrected chi connectivity index (χ4v) is 5.88. The minimum atomic E-state index is 0.542. The molecule has 0 aromatic heterocycles. The lowest BCUT2D eigenvalue weighted by atomic mass is 9.53. The first kappa shape index (κ1) is 15.3. The number of quaternary nitrogens is 1. The summed E-state index contributed by atoms with van der Waals surface area (Å²) in [6.45, 7) is 3.77. The summed E-state index contributed by atoms with van der Waals surface area (Å²) in [5.41, 5.74) is 1.89. The zero-order chi connectivity index (χ0) is 15.9. The van der Waals surface area contributed by atoms with Gasteiger partial charge in [0.1, 0.15) is 6.54 Å². The number of benzene rings is 1.